The number of rotatable bonds is 7. The molecule has 1 N–H and O–H groups in total. The molecule has 25 heavy (non-hydrogen) atoms. The minimum Gasteiger partial charge on any atom is -0.441 e. The minimum absolute atomic E-state index is 0.105. The van der Waals surface area contributed by atoms with E-state index in [1.54, 1.807) is 0 Å². The van der Waals surface area contributed by atoms with E-state index >= 15 is 0 Å². The third kappa shape index (κ3) is 4.69. The fourth-order valence-corrected chi connectivity index (χ4v) is 2.83. The van der Waals surface area contributed by atoms with Crippen LogP contribution in [-0.2, 0) is 13.1 Å². The maximum absolute atomic E-state index is 9.37. The van der Waals surface area contributed by atoms with Crippen molar-refractivity contribution in [3.05, 3.63) is 76.6 Å². The van der Waals surface area contributed by atoms with E-state index in [1.165, 1.54) is 5.56 Å². The van der Waals surface area contributed by atoms with Gasteiger partial charge in [0.05, 0.1) is 12.3 Å². The van der Waals surface area contributed by atoms with E-state index in [1.807, 2.05) is 49.4 Å². The third-order valence-corrected chi connectivity index (χ3v) is 4.27. The highest BCUT2D eigenvalue weighted by Crippen LogP contribution is 2.24. The Morgan fingerprint density at radius 2 is 1.76 bits per heavy atom. The van der Waals surface area contributed by atoms with Crippen LogP contribution >= 0.6 is 11.6 Å². The van der Waals surface area contributed by atoms with E-state index in [2.05, 4.69) is 22.0 Å². The molecular weight excluding hydrogens is 336 g/mol. The molecule has 0 radical (unpaired) electrons. The number of aliphatic hydroxyl groups is 1. The van der Waals surface area contributed by atoms with Gasteiger partial charge in [-0.1, -0.05) is 41.9 Å². The quantitative estimate of drug-likeness (QED) is 0.685. The van der Waals surface area contributed by atoms with Gasteiger partial charge in [0.2, 0.25) is 5.89 Å². The van der Waals surface area contributed by atoms with Gasteiger partial charge in [-0.25, -0.2) is 4.98 Å². The van der Waals surface area contributed by atoms with Crippen LogP contribution in [0.5, 0.6) is 0 Å². The zero-order valence-electron chi connectivity index (χ0n) is 14.2. The monoisotopic (exact) mass is 356 g/mol. The summed E-state index contributed by atoms with van der Waals surface area (Å²) in [7, 11) is 0. The van der Waals surface area contributed by atoms with Crippen molar-refractivity contribution in [1.29, 1.82) is 0 Å². The first-order valence-corrected chi connectivity index (χ1v) is 8.63. The standard InChI is InChI=1S/C20H21ClN2O2/c1-15-19(22-20(25-15)17-7-9-18(21)10-8-17)14-23(11-12-24)13-16-5-3-2-4-6-16/h2-10,24H,11-14H2,1H3. The fourth-order valence-electron chi connectivity index (χ4n) is 2.70. The molecule has 1 aromatic heterocycles. The molecule has 3 aromatic rings. The van der Waals surface area contributed by atoms with Crippen molar-refractivity contribution in [2.45, 2.75) is 20.0 Å². The Balaban J connectivity index is 1.76. The Morgan fingerprint density at radius 1 is 1.04 bits per heavy atom. The zero-order valence-corrected chi connectivity index (χ0v) is 14.9. The first-order valence-electron chi connectivity index (χ1n) is 8.25. The van der Waals surface area contributed by atoms with Gasteiger partial charge in [-0.3, -0.25) is 4.90 Å². The van der Waals surface area contributed by atoms with Crippen molar-refractivity contribution in [2.75, 3.05) is 13.2 Å². The average Bonchev–Trinajstić information content (AvgIpc) is 2.97. The number of aliphatic hydroxyl groups excluding tert-OH is 1. The normalized spacial score (nSPS) is 11.2. The second kappa shape index (κ2) is 8.30. The molecule has 0 fully saturated rings. The number of oxazole rings is 1. The van der Waals surface area contributed by atoms with Crippen molar-refractivity contribution in [3.8, 4) is 11.5 Å². The van der Waals surface area contributed by atoms with Gasteiger partial charge in [-0.2, -0.15) is 0 Å². The molecule has 0 aliphatic rings. The Labute approximate surface area is 152 Å². The highest BCUT2D eigenvalue weighted by molar-refractivity contribution is 6.30. The van der Waals surface area contributed by atoms with Gasteiger partial charge in [-0.15, -0.1) is 0 Å². The summed E-state index contributed by atoms with van der Waals surface area (Å²) < 4.78 is 5.83. The molecule has 0 saturated heterocycles. The average molecular weight is 357 g/mol. The van der Waals surface area contributed by atoms with Crippen LogP contribution in [0.1, 0.15) is 17.0 Å². The molecule has 1 heterocycles. The molecular formula is C20H21ClN2O2. The SMILES string of the molecule is Cc1oc(-c2ccc(Cl)cc2)nc1CN(CCO)Cc1ccccc1. The first kappa shape index (κ1) is 17.7. The van der Waals surface area contributed by atoms with Gasteiger partial charge in [-0.05, 0) is 36.8 Å². The van der Waals surface area contributed by atoms with Crippen molar-refractivity contribution in [3.63, 3.8) is 0 Å². The second-order valence-electron chi connectivity index (χ2n) is 5.95. The van der Waals surface area contributed by atoms with Gasteiger partial charge in [0.25, 0.3) is 0 Å². The fraction of sp³-hybridized carbons (Fsp3) is 0.250. The van der Waals surface area contributed by atoms with Crippen molar-refractivity contribution < 1.29 is 9.52 Å². The van der Waals surface area contributed by atoms with E-state index in [0.717, 1.165) is 23.6 Å². The van der Waals surface area contributed by atoms with Crippen LogP contribution < -0.4 is 0 Å². The van der Waals surface area contributed by atoms with Crippen LogP contribution in [-0.4, -0.2) is 28.1 Å². The lowest BCUT2D eigenvalue weighted by Gasteiger charge is -2.20. The number of nitrogens with zero attached hydrogens (tertiary/aromatic N) is 2. The first-order chi connectivity index (χ1) is 12.2. The predicted octanol–water partition coefficient (Wildman–Crippen LogP) is 4.30. The maximum Gasteiger partial charge on any atom is 0.226 e. The second-order valence-corrected chi connectivity index (χ2v) is 6.39. The molecule has 0 atom stereocenters. The van der Waals surface area contributed by atoms with E-state index in [0.29, 0.717) is 24.0 Å². The molecule has 4 nitrogen and oxygen atoms in total. The minimum atomic E-state index is 0.105. The molecule has 3 rings (SSSR count). The van der Waals surface area contributed by atoms with E-state index in [9.17, 15) is 5.11 Å². The van der Waals surface area contributed by atoms with Gasteiger partial charge in [0, 0.05) is 30.2 Å². The summed E-state index contributed by atoms with van der Waals surface area (Å²) in [6.45, 7) is 3.98. The summed E-state index contributed by atoms with van der Waals surface area (Å²) in [6, 6.07) is 17.6. The summed E-state index contributed by atoms with van der Waals surface area (Å²) in [5.74, 6) is 1.38. The third-order valence-electron chi connectivity index (χ3n) is 4.02. The molecule has 2 aromatic carbocycles. The van der Waals surface area contributed by atoms with Crippen LogP contribution in [0.2, 0.25) is 5.02 Å². The van der Waals surface area contributed by atoms with Crippen LogP contribution in [0.3, 0.4) is 0 Å². The van der Waals surface area contributed by atoms with Crippen LogP contribution in [0.25, 0.3) is 11.5 Å². The lowest BCUT2D eigenvalue weighted by Crippen LogP contribution is -2.26. The van der Waals surface area contributed by atoms with Gasteiger partial charge < -0.3 is 9.52 Å². The summed E-state index contributed by atoms with van der Waals surface area (Å²) in [6.07, 6.45) is 0. The number of benzene rings is 2. The highest BCUT2D eigenvalue weighted by Gasteiger charge is 2.15. The molecule has 130 valence electrons. The number of hydrogen-bond donors (Lipinski definition) is 1. The lowest BCUT2D eigenvalue weighted by molar-refractivity contribution is 0.182. The van der Waals surface area contributed by atoms with Gasteiger partial charge >= 0.3 is 0 Å². The van der Waals surface area contributed by atoms with Crippen LogP contribution in [0.15, 0.2) is 59.0 Å². The Kier molecular flexibility index (Phi) is 5.87. The van der Waals surface area contributed by atoms with Crippen LogP contribution in [0, 0.1) is 6.92 Å². The van der Waals surface area contributed by atoms with E-state index in [-0.39, 0.29) is 6.61 Å². The molecule has 0 bridgehead atoms. The molecule has 0 saturated carbocycles. The maximum atomic E-state index is 9.37. The van der Waals surface area contributed by atoms with Gasteiger partial charge in [0.15, 0.2) is 0 Å². The molecule has 5 heteroatoms. The molecule has 0 unspecified atom stereocenters. The number of halogens is 1. The topological polar surface area (TPSA) is 49.5 Å². The van der Waals surface area contributed by atoms with E-state index < -0.39 is 0 Å². The molecule has 0 aliphatic carbocycles. The predicted molar refractivity (Wildman–Crippen MR) is 99.3 cm³/mol. The Bertz CT molecular complexity index is 800. The molecule has 0 aliphatic heterocycles. The summed E-state index contributed by atoms with van der Waals surface area (Å²) in [4.78, 5) is 6.80. The molecule has 0 spiro atoms. The van der Waals surface area contributed by atoms with Crippen molar-refractivity contribution >= 4 is 11.6 Å². The number of hydrogen-bond acceptors (Lipinski definition) is 4. The summed E-state index contributed by atoms with van der Waals surface area (Å²) in [5.41, 5.74) is 2.99. The highest BCUT2D eigenvalue weighted by atomic mass is 35.5. The summed E-state index contributed by atoms with van der Waals surface area (Å²) in [5, 5.41) is 10.1. The summed E-state index contributed by atoms with van der Waals surface area (Å²) >= 11 is 5.93. The van der Waals surface area contributed by atoms with Crippen molar-refractivity contribution in [1.82, 2.24) is 9.88 Å². The van der Waals surface area contributed by atoms with Crippen LogP contribution in [0.4, 0.5) is 0 Å². The number of aromatic nitrogens is 1. The zero-order chi connectivity index (χ0) is 17.6. The Morgan fingerprint density at radius 3 is 2.44 bits per heavy atom. The number of aryl methyl sites for hydroxylation is 1. The van der Waals surface area contributed by atoms with Crippen molar-refractivity contribution in [2.24, 2.45) is 0 Å². The lowest BCUT2D eigenvalue weighted by atomic mass is 10.2. The van der Waals surface area contributed by atoms with Gasteiger partial charge in [0.1, 0.15) is 5.76 Å². The molecule has 0 amide bonds. The largest absolute Gasteiger partial charge is 0.441 e. The van der Waals surface area contributed by atoms with E-state index in [4.69, 9.17) is 16.0 Å². The Hall–Kier alpha value is -2.14. The smallest absolute Gasteiger partial charge is 0.226 e.